The van der Waals surface area contributed by atoms with Gasteiger partial charge in [-0.1, -0.05) is 34.6 Å². The van der Waals surface area contributed by atoms with Gasteiger partial charge < -0.3 is 22.8 Å². The summed E-state index contributed by atoms with van der Waals surface area (Å²) in [5.74, 6) is 12.3. The van der Waals surface area contributed by atoms with Crippen LogP contribution in [0.3, 0.4) is 0 Å². The number of aromatic nitrogens is 15. The van der Waals surface area contributed by atoms with Crippen molar-refractivity contribution < 1.29 is 101 Å². The fourth-order valence-electron chi connectivity index (χ4n) is 11.9. The van der Waals surface area contributed by atoms with E-state index >= 15 is 0 Å². The first kappa shape index (κ1) is 71.1. The van der Waals surface area contributed by atoms with Crippen molar-refractivity contribution in [3.8, 4) is 56.9 Å². The standard InChI is InChI=1S/2C14H16N3.3C13H14N3.5Ir/c1-14(2)9-6-10-17-12(15-16-13(14)17)11-7-4-3-5-8-11;1-10-8-9-11(2)17-13(10)15-16-14(17)12-6-4-3-5-7-12;1-10-6-5-9-12-14-15-13(16(10)12)11-7-3-2-4-8-11;1-10-7-8-16-12(9-10)14-15-13(16)11-5-3-2-4-6-11;1-10-7-8-12-14-15-13(16(12)9-10)11-5-3-2-4-6-11;;;;;/h3-5,7H,6,9-10H2,1-2H3;3-6,10-11H,8-9H2,1-2H3;2-4,7,10H,5-6,9H2,1H3;2*2-5,10H,7-9H2,1H3;;;;;/q5*-1;;;;;. The molecule has 5 aromatic carbocycles. The average molecular weight is 2050 g/mol. The van der Waals surface area contributed by atoms with Crippen LogP contribution in [0.25, 0.3) is 56.9 Å². The first-order chi connectivity index (χ1) is 40.0. The van der Waals surface area contributed by atoms with E-state index in [1.165, 1.54) is 51.4 Å². The molecule has 467 valence electrons. The molecule has 0 amide bonds. The second kappa shape index (κ2) is 33.2. The molecule has 0 bridgehead atoms. The Morgan fingerprint density at radius 3 is 1.44 bits per heavy atom. The number of fused-ring (bicyclic) bond motifs is 5. The van der Waals surface area contributed by atoms with E-state index in [4.69, 9.17) is 0 Å². The van der Waals surface area contributed by atoms with Crippen molar-refractivity contribution in [3.63, 3.8) is 0 Å². The number of aryl methyl sites for hydroxylation is 2. The summed E-state index contributed by atoms with van der Waals surface area (Å²) in [6, 6.07) is 56.8. The maximum absolute atomic E-state index is 4.38. The van der Waals surface area contributed by atoms with Crippen LogP contribution in [0.2, 0.25) is 0 Å². The molecular formula is C67H74Ir5N15-5. The molecule has 0 saturated carbocycles. The van der Waals surface area contributed by atoms with Crippen LogP contribution in [0.4, 0.5) is 0 Å². The van der Waals surface area contributed by atoms with E-state index in [2.05, 4.69) is 153 Å². The normalized spacial score (nSPS) is 18.8. The molecule has 5 radical (unpaired) electrons. The van der Waals surface area contributed by atoms with E-state index in [-0.39, 0.29) is 106 Å². The summed E-state index contributed by atoms with van der Waals surface area (Å²) in [6.45, 7) is 18.8. The fraction of sp³-hybridized carbons (Fsp3) is 0.403. The quantitative estimate of drug-likeness (QED) is 0.152. The van der Waals surface area contributed by atoms with Crippen molar-refractivity contribution in [2.24, 2.45) is 11.8 Å². The van der Waals surface area contributed by atoms with Gasteiger partial charge in [-0.05, 0) is 77.0 Å². The van der Waals surface area contributed by atoms with E-state index in [9.17, 15) is 0 Å². The third-order valence-corrected chi connectivity index (χ3v) is 16.5. The van der Waals surface area contributed by atoms with Crippen molar-refractivity contribution >= 4 is 0 Å². The average Bonchev–Trinajstić information content (AvgIpc) is 2.32. The predicted octanol–water partition coefficient (Wildman–Crippen LogP) is 13.3. The molecule has 5 atom stereocenters. The number of hydrogen-bond acceptors (Lipinski definition) is 10. The SMILES string of the molecule is CC1(C)CCCn2c(-c3[c-]cccc3)nnc21.CC1CCC(C)n2c(-c3[c-]cccc3)nnc21.CC1CCCc2nnc(-c3[c-]cccc3)n21.CC1CCc2nnc(-c3[c-]cccc3)n2C1.CC1CCn2c(nnc2-c2[c-]cccc2)C1.[Ir].[Ir].[Ir].[Ir].[Ir]. The van der Waals surface area contributed by atoms with Gasteiger partial charge in [-0.2, -0.15) is 25.5 Å². The molecule has 87 heavy (non-hydrogen) atoms. The smallest absolute Gasteiger partial charge is 0.129 e. The van der Waals surface area contributed by atoms with Gasteiger partial charge in [-0.25, -0.2) is 0 Å². The van der Waals surface area contributed by atoms with Crippen molar-refractivity contribution in [2.75, 3.05) is 0 Å². The van der Waals surface area contributed by atoms with Gasteiger partial charge in [0.1, 0.15) is 29.1 Å². The maximum atomic E-state index is 4.38. The molecule has 0 fully saturated rings. The second-order valence-corrected chi connectivity index (χ2v) is 23.4. The molecule has 0 N–H and O–H groups in total. The Labute approximate surface area is 580 Å². The van der Waals surface area contributed by atoms with Gasteiger partial charge in [0.2, 0.25) is 0 Å². The van der Waals surface area contributed by atoms with Crippen molar-refractivity contribution in [1.82, 2.24) is 73.8 Å². The Balaban J connectivity index is 0.000000171. The van der Waals surface area contributed by atoms with E-state index in [0.29, 0.717) is 23.9 Å². The molecule has 20 heteroatoms. The Bertz CT molecular complexity index is 3640. The van der Waals surface area contributed by atoms with Gasteiger partial charge >= 0.3 is 0 Å². The number of hydrogen-bond donors (Lipinski definition) is 0. The zero-order chi connectivity index (χ0) is 56.6. The minimum atomic E-state index is 0. The molecular weight excluding hydrogens is 1980 g/mol. The summed E-state index contributed by atoms with van der Waals surface area (Å²) in [7, 11) is 0. The Morgan fingerprint density at radius 2 is 0.874 bits per heavy atom. The van der Waals surface area contributed by atoms with Crippen LogP contribution in [-0.4, -0.2) is 73.8 Å². The van der Waals surface area contributed by atoms with E-state index in [1.807, 2.05) is 121 Å². The van der Waals surface area contributed by atoms with E-state index in [0.717, 1.165) is 131 Å². The molecule has 0 spiro atoms. The third kappa shape index (κ3) is 16.7. The van der Waals surface area contributed by atoms with Crippen LogP contribution in [0.5, 0.6) is 0 Å². The summed E-state index contributed by atoms with van der Waals surface area (Å²) in [5, 5.41) is 43.1. The van der Waals surface area contributed by atoms with Gasteiger partial charge in [0.05, 0.1) is 29.1 Å². The monoisotopic (exact) mass is 2050 g/mol. The van der Waals surface area contributed by atoms with Gasteiger partial charge in [0.25, 0.3) is 0 Å². The maximum Gasteiger partial charge on any atom is 0.129 e. The predicted molar refractivity (Wildman–Crippen MR) is 319 cm³/mol. The molecule has 15 nitrogen and oxygen atoms in total. The first-order valence-corrected chi connectivity index (χ1v) is 29.5. The topological polar surface area (TPSA) is 154 Å². The van der Waals surface area contributed by atoms with E-state index in [1.54, 1.807) is 0 Å². The molecule has 10 aromatic rings. The Kier molecular flexibility index (Phi) is 27.2. The summed E-state index contributed by atoms with van der Waals surface area (Å²) >= 11 is 0. The molecule has 5 aliphatic heterocycles. The second-order valence-electron chi connectivity index (χ2n) is 23.4. The van der Waals surface area contributed by atoms with Crippen LogP contribution < -0.4 is 0 Å². The zero-order valence-corrected chi connectivity index (χ0v) is 62.2. The molecule has 5 aliphatic rings. The molecule has 15 rings (SSSR count). The van der Waals surface area contributed by atoms with Gasteiger partial charge in [-0.3, -0.25) is 0 Å². The van der Waals surface area contributed by atoms with Crippen LogP contribution in [0.1, 0.15) is 147 Å². The van der Waals surface area contributed by atoms with Crippen LogP contribution in [0, 0.1) is 42.2 Å². The fourth-order valence-corrected chi connectivity index (χ4v) is 11.9. The summed E-state index contributed by atoms with van der Waals surface area (Å²) in [6.07, 6.45) is 12.8. The van der Waals surface area contributed by atoms with Crippen molar-refractivity contribution in [2.45, 2.75) is 162 Å². The minimum absolute atomic E-state index is 0. The number of rotatable bonds is 5. The molecule has 5 aromatic heterocycles. The zero-order valence-electron chi connectivity index (χ0n) is 50.2. The molecule has 0 aliphatic carbocycles. The van der Waals surface area contributed by atoms with Crippen molar-refractivity contribution in [3.05, 3.63) is 181 Å². The summed E-state index contributed by atoms with van der Waals surface area (Å²) < 4.78 is 11.2. The Hall–Kier alpha value is -4.95. The summed E-state index contributed by atoms with van der Waals surface area (Å²) in [4.78, 5) is 0. The van der Waals surface area contributed by atoms with E-state index < -0.39 is 0 Å². The van der Waals surface area contributed by atoms with Crippen LogP contribution in [0.15, 0.2) is 121 Å². The molecule has 5 unspecified atom stereocenters. The number of nitrogens with zero attached hydrogens (tertiary/aromatic N) is 15. The third-order valence-electron chi connectivity index (χ3n) is 16.5. The largest absolute Gasteiger partial charge is 0.351 e. The van der Waals surface area contributed by atoms with Crippen molar-refractivity contribution in [1.29, 1.82) is 0 Å². The minimum Gasteiger partial charge on any atom is -0.351 e. The van der Waals surface area contributed by atoms with Crippen LogP contribution in [-0.2, 0) is 145 Å². The van der Waals surface area contributed by atoms with Gasteiger partial charge in [0.15, 0.2) is 0 Å². The Morgan fingerprint density at radius 1 is 0.402 bits per heavy atom. The number of benzene rings is 5. The van der Waals surface area contributed by atoms with Gasteiger partial charge in [0, 0.05) is 163 Å². The molecule has 10 heterocycles. The molecule has 0 saturated heterocycles. The first-order valence-electron chi connectivity index (χ1n) is 29.5. The van der Waals surface area contributed by atoms with Crippen LogP contribution >= 0.6 is 0 Å². The van der Waals surface area contributed by atoms with Gasteiger partial charge in [-0.15, -0.1) is 205 Å². The summed E-state index contributed by atoms with van der Waals surface area (Å²) in [5.41, 5.74) is 5.32.